The van der Waals surface area contributed by atoms with E-state index in [9.17, 15) is 4.79 Å². The van der Waals surface area contributed by atoms with E-state index in [0.29, 0.717) is 23.9 Å². The average molecular weight is 437 g/mol. The molecule has 6 heteroatoms. The second-order valence-corrected chi connectivity index (χ2v) is 8.82. The Morgan fingerprint density at radius 1 is 1.13 bits per heavy atom. The van der Waals surface area contributed by atoms with Crippen LogP contribution in [-0.2, 0) is 11.2 Å². The molecule has 0 spiro atoms. The number of nitrogens with two attached hydrogens (primary N) is 1. The summed E-state index contributed by atoms with van der Waals surface area (Å²) in [6, 6.07) is 17.5. The number of amides is 1. The number of benzene rings is 2. The first kappa shape index (κ1) is 21.6. The molecule has 1 saturated carbocycles. The Kier molecular flexibility index (Phi) is 7.05. The fourth-order valence-electron chi connectivity index (χ4n) is 4.34. The smallest absolute Gasteiger partial charge is 0.223 e. The van der Waals surface area contributed by atoms with E-state index in [4.69, 9.17) is 22.3 Å². The van der Waals surface area contributed by atoms with Gasteiger partial charge in [-0.05, 0) is 62.3 Å². The first-order chi connectivity index (χ1) is 15.1. The van der Waals surface area contributed by atoms with Crippen LogP contribution in [0, 0.1) is 11.8 Å². The summed E-state index contributed by atoms with van der Waals surface area (Å²) in [4.78, 5) is 21.2. The number of nitrogens with zero attached hydrogens (tertiary/aromatic N) is 1. The van der Waals surface area contributed by atoms with Crippen molar-refractivity contribution in [3.8, 4) is 11.3 Å². The molecule has 3 aromatic rings. The van der Waals surface area contributed by atoms with E-state index in [0.717, 1.165) is 48.3 Å². The maximum Gasteiger partial charge on any atom is 0.223 e. The quantitative estimate of drug-likeness (QED) is 0.492. The molecule has 1 atom stereocenters. The minimum Gasteiger partial charge on any atom is -0.346 e. The van der Waals surface area contributed by atoms with Crippen LogP contribution in [-0.4, -0.2) is 22.4 Å². The topological polar surface area (TPSA) is 83.8 Å². The van der Waals surface area contributed by atoms with E-state index in [-0.39, 0.29) is 17.9 Å². The number of imidazole rings is 1. The number of carbonyl (C=O) groups excluding carboxylic acids is 1. The van der Waals surface area contributed by atoms with Crippen LogP contribution in [0.1, 0.15) is 43.1 Å². The van der Waals surface area contributed by atoms with Crippen LogP contribution in [0.2, 0.25) is 5.02 Å². The van der Waals surface area contributed by atoms with Gasteiger partial charge in [0.15, 0.2) is 0 Å². The Labute approximate surface area is 188 Å². The largest absolute Gasteiger partial charge is 0.346 e. The number of aromatic amines is 1. The van der Waals surface area contributed by atoms with Crippen LogP contribution in [0.15, 0.2) is 60.8 Å². The lowest BCUT2D eigenvalue weighted by Crippen LogP contribution is -2.37. The molecule has 1 aliphatic rings. The predicted octanol–water partition coefficient (Wildman–Crippen LogP) is 4.90. The van der Waals surface area contributed by atoms with E-state index in [1.165, 1.54) is 0 Å². The van der Waals surface area contributed by atoms with Crippen molar-refractivity contribution in [2.45, 2.75) is 38.1 Å². The molecule has 1 amide bonds. The standard InChI is InChI=1S/C25H29ClN4O/c26-21-8-4-5-18(13-21)14-22(30-25(31)20-11-9-17(15-27)10-12-20)24-28-16-23(29-24)19-6-2-1-3-7-19/h1-8,13,16-17,20,22H,9-12,14-15,27H2,(H,28,29)(H,30,31)/t17-,20-,22-/m0/s1. The number of carbonyl (C=O) groups is 1. The maximum atomic E-state index is 13.1. The van der Waals surface area contributed by atoms with Crippen LogP contribution in [0.4, 0.5) is 0 Å². The molecule has 1 fully saturated rings. The summed E-state index contributed by atoms with van der Waals surface area (Å²) in [5, 5.41) is 3.95. The molecule has 0 saturated heterocycles. The van der Waals surface area contributed by atoms with Crippen molar-refractivity contribution in [1.82, 2.24) is 15.3 Å². The zero-order valence-corrected chi connectivity index (χ0v) is 18.3. The van der Waals surface area contributed by atoms with Gasteiger partial charge in [0.2, 0.25) is 5.91 Å². The van der Waals surface area contributed by atoms with Gasteiger partial charge in [-0.25, -0.2) is 4.98 Å². The molecule has 0 aliphatic heterocycles. The Morgan fingerprint density at radius 3 is 2.61 bits per heavy atom. The molecule has 5 nitrogen and oxygen atoms in total. The van der Waals surface area contributed by atoms with Gasteiger partial charge in [-0.2, -0.15) is 0 Å². The molecule has 4 rings (SSSR count). The molecule has 2 aromatic carbocycles. The summed E-state index contributed by atoms with van der Waals surface area (Å²) < 4.78 is 0. The van der Waals surface area contributed by atoms with Crippen molar-refractivity contribution < 1.29 is 4.79 Å². The van der Waals surface area contributed by atoms with Crippen molar-refractivity contribution in [3.05, 3.63) is 77.2 Å². The molecule has 1 aromatic heterocycles. The third-order valence-corrected chi connectivity index (χ3v) is 6.43. The lowest BCUT2D eigenvalue weighted by molar-refractivity contribution is -0.127. The van der Waals surface area contributed by atoms with Crippen molar-refractivity contribution in [1.29, 1.82) is 0 Å². The Hall–Kier alpha value is -2.63. The summed E-state index contributed by atoms with van der Waals surface area (Å²) in [7, 11) is 0. The Balaban J connectivity index is 1.53. The summed E-state index contributed by atoms with van der Waals surface area (Å²) in [5.41, 5.74) is 8.77. The number of H-pyrrole nitrogens is 1. The normalized spacial score (nSPS) is 19.7. The first-order valence-electron chi connectivity index (χ1n) is 11.0. The van der Waals surface area contributed by atoms with E-state index in [1.807, 2.05) is 60.8 Å². The van der Waals surface area contributed by atoms with Crippen LogP contribution in [0.5, 0.6) is 0 Å². The number of halogens is 1. The lowest BCUT2D eigenvalue weighted by atomic mass is 9.81. The highest BCUT2D eigenvalue weighted by molar-refractivity contribution is 6.30. The fraction of sp³-hybridized carbons (Fsp3) is 0.360. The molecular weight excluding hydrogens is 408 g/mol. The number of aromatic nitrogens is 2. The lowest BCUT2D eigenvalue weighted by Gasteiger charge is -2.28. The van der Waals surface area contributed by atoms with Crippen molar-refractivity contribution in [3.63, 3.8) is 0 Å². The zero-order valence-electron chi connectivity index (χ0n) is 17.6. The zero-order chi connectivity index (χ0) is 21.6. The molecule has 4 N–H and O–H groups in total. The molecule has 1 aliphatic carbocycles. The summed E-state index contributed by atoms with van der Waals surface area (Å²) in [5.74, 6) is 1.43. The average Bonchev–Trinajstić information content (AvgIpc) is 3.30. The Bertz CT molecular complexity index is 996. The van der Waals surface area contributed by atoms with E-state index < -0.39 is 0 Å². The highest BCUT2D eigenvalue weighted by Gasteiger charge is 2.28. The van der Waals surface area contributed by atoms with E-state index in [1.54, 1.807) is 0 Å². The van der Waals surface area contributed by atoms with Crippen LogP contribution in [0.25, 0.3) is 11.3 Å². The van der Waals surface area contributed by atoms with Gasteiger partial charge in [0.25, 0.3) is 0 Å². The minimum atomic E-state index is -0.254. The van der Waals surface area contributed by atoms with Gasteiger partial charge in [0.05, 0.1) is 11.7 Å². The summed E-state index contributed by atoms with van der Waals surface area (Å²) in [6.45, 7) is 0.709. The van der Waals surface area contributed by atoms with Crippen LogP contribution < -0.4 is 11.1 Å². The van der Waals surface area contributed by atoms with Gasteiger partial charge < -0.3 is 16.0 Å². The van der Waals surface area contributed by atoms with Gasteiger partial charge in [0, 0.05) is 22.7 Å². The Morgan fingerprint density at radius 2 is 1.90 bits per heavy atom. The van der Waals surface area contributed by atoms with E-state index in [2.05, 4.69) is 10.3 Å². The van der Waals surface area contributed by atoms with Gasteiger partial charge in [-0.3, -0.25) is 4.79 Å². The SMILES string of the molecule is NC[C@H]1CC[C@H](C(=O)N[C@@H](Cc2cccc(Cl)c2)c2nc(-c3ccccc3)c[nH]2)CC1. The molecule has 162 valence electrons. The van der Waals surface area contributed by atoms with Crippen molar-refractivity contribution in [2.75, 3.05) is 6.54 Å². The second kappa shape index (κ2) is 10.1. The second-order valence-electron chi connectivity index (χ2n) is 8.39. The molecule has 1 heterocycles. The van der Waals surface area contributed by atoms with E-state index >= 15 is 0 Å². The summed E-state index contributed by atoms with van der Waals surface area (Å²) >= 11 is 6.19. The fourth-order valence-corrected chi connectivity index (χ4v) is 4.55. The molecule has 0 bridgehead atoms. The number of nitrogens with one attached hydrogen (secondary N) is 2. The molecule has 31 heavy (non-hydrogen) atoms. The third-order valence-electron chi connectivity index (χ3n) is 6.19. The monoisotopic (exact) mass is 436 g/mol. The summed E-state index contributed by atoms with van der Waals surface area (Å²) in [6.07, 6.45) is 6.34. The maximum absolute atomic E-state index is 13.1. The number of rotatable bonds is 7. The van der Waals surface area contributed by atoms with Gasteiger partial charge in [-0.1, -0.05) is 54.1 Å². The van der Waals surface area contributed by atoms with Gasteiger partial charge in [-0.15, -0.1) is 0 Å². The first-order valence-corrected chi connectivity index (χ1v) is 11.4. The highest BCUT2D eigenvalue weighted by atomic mass is 35.5. The molecular formula is C25H29ClN4O. The number of hydrogen-bond acceptors (Lipinski definition) is 3. The third kappa shape index (κ3) is 5.54. The number of hydrogen-bond donors (Lipinski definition) is 3. The van der Waals surface area contributed by atoms with Crippen LogP contribution in [0.3, 0.4) is 0 Å². The van der Waals surface area contributed by atoms with Crippen molar-refractivity contribution in [2.24, 2.45) is 17.6 Å². The predicted molar refractivity (Wildman–Crippen MR) is 125 cm³/mol. The molecule has 0 unspecified atom stereocenters. The van der Waals surface area contributed by atoms with Gasteiger partial charge >= 0.3 is 0 Å². The highest BCUT2D eigenvalue weighted by Crippen LogP contribution is 2.29. The minimum absolute atomic E-state index is 0.0354. The molecule has 0 radical (unpaired) electrons. The van der Waals surface area contributed by atoms with Crippen LogP contribution >= 0.6 is 11.6 Å². The van der Waals surface area contributed by atoms with Gasteiger partial charge in [0.1, 0.15) is 5.82 Å². The van der Waals surface area contributed by atoms with Crippen molar-refractivity contribution >= 4 is 17.5 Å².